The van der Waals surface area contributed by atoms with Crippen molar-refractivity contribution in [1.29, 1.82) is 0 Å². The van der Waals surface area contributed by atoms with Crippen LogP contribution in [0.3, 0.4) is 0 Å². The molecule has 0 bridgehead atoms. The Bertz CT molecular complexity index is 846. The number of ether oxygens (including phenoxy) is 1. The maximum atomic E-state index is 5.81. The van der Waals surface area contributed by atoms with Crippen molar-refractivity contribution in [1.82, 2.24) is 15.2 Å². The van der Waals surface area contributed by atoms with Crippen LogP contribution in [0.2, 0.25) is 0 Å². The fourth-order valence-corrected chi connectivity index (χ4v) is 3.43. The van der Waals surface area contributed by atoms with Gasteiger partial charge in [0.05, 0.1) is 6.61 Å². The second-order valence-corrected chi connectivity index (χ2v) is 7.53. The maximum absolute atomic E-state index is 5.81. The smallest absolute Gasteiger partial charge is 0.231 e. The van der Waals surface area contributed by atoms with Gasteiger partial charge in [-0.15, -0.1) is 10.2 Å². The normalized spacial score (nSPS) is 11.2. The Labute approximate surface area is 170 Å². The standard InChI is InChI=1S/C22H26N4OS/c1-2-3-4-5-6-7-16-27-20-10-8-18(9-11-20)17-24-22-26-25-21(28-22)19-12-14-23-15-13-19/h8-15,17H,2-7,16H2,1H3/b24-17+. The van der Waals surface area contributed by atoms with Gasteiger partial charge in [0.25, 0.3) is 0 Å². The zero-order valence-electron chi connectivity index (χ0n) is 16.3. The van der Waals surface area contributed by atoms with Crippen LogP contribution in [0, 0.1) is 0 Å². The average Bonchev–Trinajstić information content (AvgIpc) is 3.22. The third-order valence-corrected chi connectivity index (χ3v) is 5.19. The Morgan fingerprint density at radius 1 is 0.929 bits per heavy atom. The van der Waals surface area contributed by atoms with Crippen molar-refractivity contribution in [2.75, 3.05) is 6.61 Å². The summed E-state index contributed by atoms with van der Waals surface area (Å²) in [6.45, 7) is 3.02. The van der Waals surface area contributed by atoms with E-state index in [1.165, 1.54) is 43.4 Å². The third kappa shape index (κ3) is 6.53. The van der Waals surface area contributed by atoms with Crippen LogP contribution in [-0.4, -0.2) is 28.0 Å². The van der Waals surface area contributed by atoms with Crippen LogP contribution in [0.4, 0.5) is 5.13 Å². The highest BCUT2D eigenvalue weighted by molar-refractivity contribution is 7.18. The van der Waals surface area contributed by atoms with Crippen LogP contribution in [0.15, 0.2) is 53.8 Å². The molecule has 0 radical (unpaired) electrons. The number of hydrogen-bond donors (Lipinski definition) is 0. The highest BCUT2D eigenvalue weighted by Gasteiger charge is 2.04. The highest BCUT2D eigenvalue weighted by Crippen LogP contribution is 2.27. The van der Waals surface area contributed by atoms with Crippen molar-refractivity contribution in [2.24, 2.45) is 4.99 Å². The predicted molar refractivity (Wildman–Crippen MR) is 116 cm³/mol. The van der Waals surface area contributed by atoms with Crippen molar-refractivity contribution in [2.45, 2.75) is 45.4 Å². The molecule has 3 aromatic rings. The molecule has 3 rings (SSSR count). The molecule has 0 saturated carbocycles. The van der Waals surface area contributed by atoms with E-state index in [0.717, 1.165) is 34.9 Å². The van der Waals surface area contributed by atoms with Crippen molar-refractivity contribution < 1.29 is 4.74 Å². The first-order chi connectivity index (χ1) is 13.8. The number of hydrogen-bond acceptors (Lipinski definition) is 6. The number of rotatable bonds is 11. The molecule has 0 aliphatic carbocycles. The molecule has 0 saturated heterocycles. The van der Waals surface area contributed by atoms with Gasteiger partial charge in [-0.05, 0) is 48.4 Å². The van der Waals surface area contributed by atoms with Gasteiger partial charge in [-0.2, -0.15) is 0 Å². The van der Waals surface area contributed by atoms with E-state index in [1.807, 2.05) is 36.4 Å². The molecular weight excluding hydrogens is 368 g/mol. The topological polar surface area (TPSA) is 60.3 Å². The lowest BCUT2D eigenvalue weighted by atomic mass is 10.1. The largest absolute Gasteiger partial charge is 0.494 e. The summed E-state index contributed by atoms with van der Waals surface area (Å²) in [6, 6.07) is 11.8. The van der Waals surface area contributed by atoms with Crippen LogP contribution < -0.4 is 4.74 Å². The van der Waals surface area contributed by atoms with E-state index in [9.17, 15) is 0 Å². The van der Waals surface area contributed by atoms with Gasteiger partial charge >= 0.3 is 0 Å². The first-order valence-corrected chi connectivity index (χ1v) is 10.7. The molecule has 0 N–H and O–H groups in total. The lowest BCUT2D eigenvalue weighted by Gasteiger charge is -2.06. The van der Waals surface area contributed by atoms with E-state index in [-0.39, 0.29) is 0 Å². The number of aromatic nitrogens is 3. The summed E-state index contributed by atoms with van der Waals surface area (Å²) in [4.78, 5) is 8.44. The molecule has 6 heteroatoms. The molecule has 5 nitrogen and oxygen atoms in total. The first-order valence-electron chi connectivity index (χ1n) is 9.86. The summed E-state index contributed by atoms with van der Waals surface area (Å²) in [5.41, 5.74) is 2.01. The first kappa shape index (κ1) is 20.1. The number of nitrogens with zero attached hydrogens (tertiary/aromatic N) is 4. The molecule has 0 fully saturated rings. The van der Waals surface area contributed by atoms with E-state index in [0.29, 0.717) is 5.13 Å². The van der Waals surface area contributed by atoms with Crippen LogP contribution in [-0.2, 0) is 0 Å². The van der Waals surface area contributed by atoms with E-state index < -0.39 is 0 Å². The van der Waals surface area contributed by atoms with Crippen molar-refractivity contribution in [3.05, 3.63) is 54.4 Å². The van der Waals surface area contributed by atoms with Crippen LogP contribution in [0.5, 0.6) is 5.75 Å². The molecule has 0 spiro atoms. The molecule has 0 aliphatic heterocycles. The Morgan fingerprint density at radius 2 is 1.68 bits per heavy atom. The van der Waals surface area contributed by atoms with E-state index in [4.69, 9.17) is 4.74 Å². The van der Waals surface area contributed by atoms with E-state index in [1.54, 1.807) is 18.6 Å². The summed E-state index contributed by atoms with van der Waals surface area (Å²) in [7, 11) is 0. The summed E-state index contributed by atoms with van der Waals surface area (Å²) >= 11 is 1.46. The van der Waals surface area contributed by atoms with Gasteiger partial charge in [0.2, 0.25) is 5.13 Å². The Balaban J connectivity index is 1.45. The van der Waals surface area contributed by atoms with Gasteiger partial charge in [0.1, 0.15) is 10.8 Å². The van der Waals surface area contributed by atoms with Crippen molar-refractivity contribution in [3.63, 3.8) is 0 Å². The lowest BCUT2D eigenvalue weighted by molar-refractivity contribution is 0.304. The van der Waals surface area contributed by atoms with E-state index in [2.05, 4.69) is 27.1 Å². The molecule has 2 aromatic heterocycles. The van der Waals surface area contributed by atoms with Crippen molar-refractivity contribution in [3.8, 4) is 16.3 Å². The molecule has 28 heavy (non-hydrogen) atoms. The van der Waals surface area contributed by atoms with Gasteiger partial charge in [0.15, 0.2) is 0 Å². The SMILES string of the molecule is CCCCCCCCOc1ccc(/C=N/c2nnc(-c3ccncc3)s2)cc1. The quantitative estimate of drug-likeness (QED) is 0.292. The fourth-order valence-electron chi connectivity index (χ4n) is 2.73. The van der Waals surface area contributed by atoms with Crippen LogP contribution >= 0.6 is 11.3 Å². The Hall–Kier alpha value is -2.60. The molecule has 1 aromatic carbocycles. The number of benzene rings is 1. The highest BCUT2D eigenvalue weighted by atomic mass is 32.1. The number of pyridine rings is 1. The second kappa shape index (κ2) is 11.3. The zero-order valence-corrected chi connectivity index (χ0v) is 17.1. The Kier molecular flexibility index (Phi) is 8.12. The maximum Gasteiger partial charge on any atom is 0.231 e. The van der Waals surface area contributed by atoms with Gasteiger partial charge in [-0.25, -0.2) is 4.99 Å². The van der Waals surface area contributed by atoms with Gasteiger partial charge in [-0.1, -0.05) is 50.4 Å². The van der Waals surface area contributed by atoms with Gasteiger partial charge in [0, 0.05) is 24.2 Å². The average molecular weight is 395 g/mol. The van der Waals surface area contributed by atoms with Crippen LogP contribution in [0.1, 0.15) is 51.0 Å². The second-order valence-electron chi connectivity index (χ2n) is 6.57. The minimum Gasteiger partial charge on any atom is -0.494 e. The molecule has 0 atom stereocenters. The summed E-state index contributed by atoms with van der Waals surface area (Å²) in [5, 5.41) is 9.79. The minimum absolute atomic E-state index is 0.634. The monoisotopic (exact) mass is 394 g/mol. The van der Waals surface area contributed by atoms with E-state index >= 15 is 0 Å². The van der Waals surface area contributed by atoms with Gasteiger partial charge < -0.3 is 4.74 Å². The fraction of sp³-hybridized carbons (Fsp3) is 0.364. The molecular formula is C22H26N4OS. The number of aliphatic imine (C=N–C) groups is 1. The summed E-state index contributed by atoms with van der Waals surface area (Å²) in [5.74, 6) is 0.904. The minimum atomic E-state index is 0.634. The molecule has 146 valence electrons. The molecule has 0 amide bonds. The summed E-state index contributed by atoms with van der Waals surface area (Å²) < 4.78 is 5.81. The van der Waals surface area contributed by atoms with Gasteiger partial charge in [-0.3, -0.25) is 4.98 Å². The third-order valence-electron chi connectivity index (χ3n) is 4.31. The molecule has 0 unspecified atom stereocenters. The molecule has 2 heterocycles. The van der Waals surface area contributed by atoms with Crippen LogP contribution in [0.25, 0.3) is 10.6 Å². The lowest BCUT2D eigenvalue weighted by Crippen LogP contribution is -1.97. The zero-order chi connectivity index (χ0) is 19.4. The predicted octanol–water partition coefficient (Wildman–Crippen LogP) is 6.09. The molecule has 0 aliphatic rings. The Morgan fingerprint density at radius 3 is 2.46 bits per heavy atom. The summed E-state index contributed by atoms with van der Waals surface area (Å²) in [6.07, 6.45) is 12.9. The number of unbranched alkanes of at least 4 members (excludes halogenated alkanes) is 5. The van der Waals surface area contributed by atoms with Crippen molar-refractivity contribution >= 4 is 22.7 Å².